The Morgan fingerprint density at radius 2 is 2.20 bits per heavy atom. The summed E-state index contributed by atoms with van der Waals surface area (Å²) < 4.78 is 1.23. The number of nitrogens with two attached hydrogens (primary N) is 1. The molecule has 2 N–H and O–H groups in total. The van der Waals surface area contributed by atoms with Crippen LogP contribution in [-0.2, 0) is 5.75 Å². The smallest absolute Gasteiger partial charge is 0.0575 e. The summed E-state index contributed by atoms with van der Waals surface area (Å²) in [5.41, 5.74) is 8.25. The summed E-state index contributed by atoms with van der Waals surface area (Å²) in [5.74, 6) is 1.08. The van der Waals surface area contributed by atoms with Gasteiger partial charge in [0, 0.05) is 11.4 Å². The molecule has 0 unspecified atom stereocenters. The van der Waals surface area contributed by atoms with E-state index in [9.17, 15) is 0 Å². The molecule has 0 aliphatic heterocycles. The van der Waals surface area contributed by atoms with Crippen LogP contribution in [0, 0.1) is 0 Å². The van der Waals surface area contributed by atoms with Gasteiger partial charge < -0.3 is 5.73 Å². The molecule has 2 rings (SSSR count). The highest BCUT2D eigenvalue weighted by molar-refractivity contribution is 7.99. The normalized spacial score (nSPS) is 11.4. The van der Waals surface area contributed by atoms with Crippen LogP contribution in [0.3, 0.4) is 0 Å². The van der Waals surface area contributed by atoms with E-state index in [1.54, 1.807) is 11.3 Å². The maximum atomic E-state index is 5.93. The Balaban J connectivity index is 2.33. The number of benzene rings is 1. The second-order valence-electron chi connectivity index (χ2n) is 3.84. The van der Waals surface area contributed by atoms with Gasteiger partial charge in [0.2, 0.25) is 0 Å². The summed E-state index contributed by atoms with van der Waals surface area (Å²) in [6.07, 6.45) is 0. The average Bonchev–Trinajstić information content (AvgIpc) is 2.59. The third kappa shape index (κ3) is 2.29. The SMILES string of the molecule is CC(C)SCc1csc2c(N)cccc12. The Kier molecular flexibility index (Phi) is 3.22. The van der Waals surface area contributed by atoms with E-state index < -0.39 is 0 Å². The van der Waals surface area contributed by atoms with Crippen LogP contribution in [0.15, 0.2) is 23.6 Å². The van der Waals surface area contributed by atoms with Gasteiger partial charge in [-0.05, 0) is 27.6 Å². The third-order valence-corrected chi connectivity index (χ3v) is 4.52. The van der Waals surface area contributed by atoms with Crippen LogP contribution in [0.5, 0.6) is 0 Å². The molecule has 80 valence electrons. The van der Waals surface area contributed by atoms with Crippen LogP contribution in [0.4, 0.5) is 5.69 Å². The van der Waals surface area contributed by atoms with Gasteiger partial charge in [0.1, 0.15) is 0 Å². The predicted octanol–water partition coefficient (Wildman–Crippen LogP) is 4.13. The van der Waals surface area contributed by atoms with E-state index in [0.29, 0.717) is 5.25 Å². The van der Waals surface area contributed by atoms with E-state index in [2.05, 4.69) is 25.3 Å². The number of rotatable bonds is 3. The van der Waals surface area contributed by atoms with Crippen molar-refractivity contribution in [3.05, 3.63) is 29.1 Å². The number of thioether (sulfide) groups is 1. The molecule has 1 aromatic heterocycles. The van der Waals surface area contributed by atoms with Crippen molar-refractivity contribution in [2.45, 2.75) is 24.9 Å². The molecule has 1 heterocycles. The van der Waals surface area contributed by atoms with Crippen molar-refractivity contribution in [2.24, 2.45) is 0 Å². The number of hydrogen-bond acceptors (Lipinski definition) is 3. The minimum absolute atomic E-state index is 0.681. The zero-order valence-electron chi connectivity index (χ0n) is 8.99. The molecule has 0 saturated carbocycles. The molecule has 0 atom stereocenters. The predicted molar refractivity (Wildman–Crippen MR) is 72.7 cm³/mol. The Labute approximate surface area is 98.7 Å². The number of thiophene rings is 1. The van der Waals surface area contributed by atoms with Gasteiger partial charge in [-0.1, -0.05) is 26.0 Å². The van der Waals surface area contributed by atoms with Crippen LogP contribution in [0.1, 0.15) is 19.4 Å². The molecule has 0 aliphatic rings. The molecule has 0 aliphatic carbocycles. The van der Waals surface area contributed by atoms with Crippen molar-refractivity contribution in [3.63, 3.8) is 0 Å². The monoisotopic (exact) mass is 237 g/mol. The molecule has 0 amide bonds. The van der Waals surface area contributed by atoms with Crippen LogP contribution in [0.25, 0.3) is 10.1 Å². The van der Waals surface area contributed by atoms with E-state index in [-0.39, 0.29) is 0 Å². The Hall–Kier alpha value is -0.670. The molecular formula is C12H15NS2. The van der Waals surface area contributed by atoms with Crippen molar-refractivity contribution in [1.29, 1.82) is 0 Å². The molecule has 3 heteroatoms. The van der Waals surface area contributed by atoms with Gasteiger partial charge in [-0.2, -0.15) is 11.8 Å². The van der Waals surface area contributed by atoms with Gasteiger partial charge in [0.05, 0.1) is 4.70 Å². The molecule has 1 nitrogen and oxygen atoms in total. The van der Waals surface area contributed by atoms with E-state index in [0.717, 1.165) is 11.4 Å². The lowest BCUT2D eigenvalue weighted by Gasteiger charge is -2.03. The molecule has 0 spiro atoms. The number of anilines is 1. The van der Waals surface area contributed by atoms with E-state index >= 15 is 0 Å². The van der Waals surface area contributed by atoms with Gasteiger partial charge in [0.25, 0.3) is 0 Å². The number of hydrogen-bond donors (Lipinski definition) is 1. The minimum Gasteiger partial charge on any atom is -0.398 e. The lowest BCUT2D eigenvalue weighted by Crippen LogP contribution is -1.88. The summed E-state index contributed by atoms with van der Waals surface area (Å²) in [6.45, 7) is 4.46. The van der Waals surface area contributed by atoms with Crippen molar-refractivity contribution in [3.8, 4) is 0 Å². The van der Waals surface area contributed by atoms with Crippen molar-refractivity contribution in [2.75, 3.05) is 5.73 Å². The highest BCUT2D eigenvalue weighted by Crippen LogP contribution is 2.33. The zero-order valence-corrected chi connectivity index (χ0v) is 10.6. The fourth-order valence-corrected chi connectivity index (χ4v) is 3.36. The van der Waals surface area contributed by atoms with E-state index in [1.165, 1.54) is 15.6 Å². The summed E-state index contributed by atoms with van der Waals surface area (Å²) in [5, 5.41) is 4.24. The molecule has 2 aromatic rings. The fourth-order valence-electron chi connectivity index (χ4n) is 1.50. The molecule has 1 aromatic carbocycles. The number of fused-ring (bicyclic) bond motifs is 1. The van der Waals surface area contributed by atoms with Crippen molar-refractivity contribution >= 4 is 38.9 Å². The lowest BCUT2D eigenvalue weighted by molar-refractivity contribution is 1.11. The fraction of sp³-hybridized carbons (Fsp3) is 0.333. The summed E-state index contributed by atoms with van der Waals surface area (Å²) >= 11 is 3.73. The second-order valence-corrected chi connectivity index (χ2v) is 6.29. The molecular weight excluding hydrogens is 222 g/mol. The van der Waals surface area contributed by atoms with Gasteiger partial charge in [0.15, 0.2) is 0 Å². The molecule has 0 radical (unpaired) electrons. The first-order valence-corrected chi connectivity index (χ1v) is 6.97. The largest absolute Gasteiger partial charge is 0.398 e. The molecule has 0 bridgehead atoms. The maximum Gasteiger partial charge on any atom is 0.0575 e. The minimum atomic E-state index is 0.681. The maximum absolute atomic E-state index is 5.93. The lowest BCUT2D eigenvalue weighted by atomic mass is 10.2. The van der Waals surface area contributed by atoms with Gasteiger partial charge in [-0.3, -0.25) is 0 Å². The van der Waals surface area contributed by atoms with E-state index in [1.807, 2.05) is 23.9 Å². The quantitative estimate of drug-likeness (QED) is 0.812. The Morgan fingerprint density at radius 3 is 2.93 bits per heavy atom. The second kappa shape index (κ2) is 4.45. The van der Waals surface area contributed by atoms with E-state index in [4.69, 9.17) is 5.73 Å². The van der Waals surface area contributed by atoms with Gasteiger partial charge >= 0.3 is 0 Å². The topological polar surface area (TPSA) is 26.0 Å². The zero-order chi connectivity index (χ0) is 10.8. The molecule has 0 fully saturated rings. The number of nitrogen functional groups attached to an aromatic ring is 1. The van der Waals surface area contributed by atoms with Gasteiger partial charge in [-0.25, -0.2) is 0 Å². The van der Waals surface area contributed by atoms with Crippen molar-refractivity contribution < 1.29 is 0 Å². The van der Waals surface area contributed by atoms with Crippen LogP contribution in [0.2, 0.25) is 0 Å². The Bertz CT molecular complexity index is 460. The van der Waals surface area contributed by atoms with Crippen molar-refractivity contribution in [1.82, 2.24) is 0 Å². The summed E-state index contributed by atoms with van der Waals surface area (Å²) in [7, 11) is 0. The first-order chi connectivity index (χ1) is 7.18. The summed E-state index contributed by atoms with van der Waals surface area (Å²) in [6, 6.07) is 6.17. The van der Waals surface area contributed by atoms with Crippen LogP contribution >= 0.6 is 23.1 Å². The van der Waals surface area contributed by atoms with Crippen LogP contribution in [-0.4, -0.2) is 5.25 Å². The van der Waals surface area contributed by atoms with Gasteiger partial charge in [-0.15, -0.1) is 11.3 Å². The highest BCUT2D eigenvalue weighted by atomic mass is 32.2. The highest BCUT2D eigenvalue weighted by Gasteiger charge is 2.06. The first-order valence-electron chi connectivity index (χ1n) is 5.04. The standard InChI is InChI=1S/C12H15NS2/c1-8(2)14-6-9-7-15-12-10(9)4-3-5-11(12)13/h3-5,7-8H,6,13H2,1-2H3. The average molecular weight is 237 g/mol. The first kappa shape index (κ1) is 10.8. The molecule has 0 saturated heterocycles. The van der Waals surface area contributed by atoms with Crippen LogP contribution < -0.4 is 5.73 Å². The molecule has 15 heavy (non-hydrogen) atoms. The third-order valence-electron chi connectivity index (χ3n) is 2.28. The summed E-state index contributed by atoms with van der Waals surface area (Å²) in [4.78, 5) is 0. The Morgan fingerprint density at radius 1 is 1.40 bits per heavy atom.